The molecule has 5 nitrogen and oxygen atoms in total. The molecular formula is C9H4ClN3O2. The van der Waals surface area contributed by atoms with Crippen LogP contribution in [-0.4, -0.2) is 15.8 Å². The van der Waals surface area contributed by atoms with E-state index < -0.39 is 4.92 Å². The van der Waals surface area contributed by atoms with E-state index in [-0.39, 0.29) is 17.3 Å². The first-order valence-corrected chi connectivity index (χ1v) is 4.32. The van der Waals surface area contributed by atoms with Crippen molar-refractivity contribution in [3.05, 3.63) is 33.6 Å². The lowest BCUT2D eigenvalue weighted by Gasteiger charge is -1.94. The number of hydrogen-bond acceptors (Lipinski definition) is 4. The van der Waals surface area contributed by atoms with Crippen molar-refractivity contribution in [1.29, 1.82) is 5.26 Å². The van der Waals surface area contributed by atoms with Gasteiger partial charge in [-0.1, -0.05) is 11.8 Å². The summed E-state index contributed by atoms with van der Waals surface area (Å²) in [6, 6.07) is 2.83. The first kappa shape index (κ1) is 11.0. The first-order chi connectivity index (χ1) is 7.19. The third kappa shape index (κ3) is 2.67. The predicted octanol–water partition coefficient (Wildman–Crippen LogP) is 1.45. The normalized spacial score (nSPS) is 8.53. The summed E-state index contributed by atoms with van der Waals surface area (Å²) in [6.45, 7) is 0. The van der Waals surface area contributed by atoms with Crippen molar-refractivity contribution in [2.75, 3.05) is 5.88 Å². The highest BCUT2D eigenvalue weighted by atomic mass is 35.5. The van der Waals surface area contributed by atoms with E-state index in [1.54, 1.807) is 6.07 Å². The Bertz CT molecular complexity index is 496. The van der Waals surface area contributed by atoms with Gasteiger partial charge in [0.2, 0.25) is 5.69 Å². The van der Waals surface area contributed by atoms with Gasteiger partial charge in [0.05, 0.1) is 10.8 Å². The van der Waals surface area contributed by atoms with Crippen molar-refractivity contribution < 1.29 is 4.92 Å². The van der Waals surface area contributed by atoms with Gasteiger partial charge in [-0.2, -0.15) is 5.26 Å². The predicted molar refractivity (Wildman–Crippen MR) is 53.2 cm³/mol. The van der Waals surface area contributed by atoms with Crippen molar-refractivity contribution in [3.63, 3.8) is 0 Å². The smallest absolute Gasteiger partial charge is 0.258 e. The molecule has 1 rings (SSSR count). The Morgan fingerprint density at radius 3 is 2.93 bits per heavy atom. The maximum absolute atomic E-state index is 10.5. The molecule has 1 aromatic rings. The highest BCUT2D eigenvalue weighted by molar-refractivity contribution is 6.19. The number of alkyl halides is 1. The van der Waals surface area contributed by atoms with Crippen molar-refractivity contribution in [2.24, 2.45) is 0 Å². The fourth-order valence-corrected chi connectivity index (χ4v) is 0.949. The lowest BCUT2D eigenvalue weighted by atomic mass is 10.2. The van der Waals surface area contributed by atoms with Crippen molar-refractivity contribution in [2.45, 2.75) is 0 Å². The topological polar surface area (TPSA) is 79.8 Å². The van der Waals surface area contributed by atoms with Gasteiger partial charge >= 0.3 is 5.69 Å². The number of pyridine rings is 1. The van der Waals surface area contributed by atoms with E-state index >= 15 is 0 Å². The second kappa shape index (κ2) is 4.94. The number of rotatable bonds is 1. The van der Waals surface area contributed by atoms with Gasteiger partial charge in [0.15, 0.2) is 0 Å². The zero-order valence-corrected chi connectivity index (χ0v) is 8.15. The lowest BCUT2D eigenvalue weighted by Crippen LogP contribution is -1.95. The highest BCUT2D eigenvalue weighted by Crippen LogP contribution is 2.16. The van der Waals surface area contributed by atoms with Gasteiger partial charge in [-0.25, -0.2) is 4.98 Å². The number of nitrogens with zero attached hydrogens (tertiary/aromatic N) is 3. The maximum Gasteiger partial charge on any atom is 0.306 e. The molecule has 0 atom stereocenters. The number of aromatic nitrogens is 1. The Morgan fingerprint density at radius 1 is 1.67 bits per heavy atom. The monoisotopic (exact) mass is 221 g/mol. The SMILES string of the molecule is N#Cc1ncc(C#CCCl)cc1[N+](=O)[O-]. The molecule has 0 aliphatic rings. The van der Waals surface area contributed by atoms with Crippen LogP contribution in [0, 0.1) is 33.3 Å². The van der Waals surface area contributed by atoms with E-state index in [1.807, 2.05) is 0 Å². The number of nitro groups is 1. The Balaban J connectivity index is 3.23. The minimum atomic E-state index is -0.669. The summed E-state index contributed by atoms with van der Waals surface area (Å²) in [5.41, 5.74) is -0.211. The number of nitriles is 1. The Hall–Kier alpha value is -2.11. The average molecular weight is 222 g/mol. The molecule has 6 heteroatoms. The van der Waals surface area contributed by atoms with Gasteiger partial charge in [0.1, 0.15) is 6.07 Å². The second-order valence-electron chi connectivity index (χ2n) is 2.40. The minimum Gasteiger partial charge on any atom is -0.258 e. The zero-order chi connectivity index (χ0) is 11.3. The van der Waals surface area contributed by atoms with Crippen LogP contribution in [0.1, 0.15) is 11.3 Å². The van der Waals surface area contributed by atoms with Crippen LogP contribution in [0.4, 0.5) is 5.69 Å². The van der Waals surface area contributed by atoms with Crippen LogP contribution in [0.15, 0.2) is 12.3 Å². The molecule has 0 unspecified atom stereocenters. The molecule has 74 valence electrons. The van der Waals surface area contributed by atoms with Crippen LogP contribution in [-0.2, 0) is 0 Å². The van der Waals surface area contributed by atoms with E-state index in [1.165, 1.54) is 12.3 Å². The lowest BCUT2D eigenvalue weighted by molar-refractivity contribution is -0.385. The number of halogens is 1. The quantitative estimate of drug-likeness (QED) is 0.311. The zero-order valence-electron chi connectivity index (χ0n) is 7.40. The summed E-state index contributed by atoms with van der Waals surface area (Å²) in [5.74, 6) is 5.25. The summed E-state index contributed by atoms with van der Waals surface area (Å²) in [4.78, 5) is 13.5. The van der Waals surface area contributed by atoms with Crippen LogP contribution in [0.3, 0.4) is 0 Å². The summed E-state index contributed by atoms with van der Waals surface area (Å²) in [5, 5.41) is 19.1. The molecule has 0 N–H and O–H groups in total. The Kier molecular flexibility index (Phi) is 3.61. The summed E-state index contributed by atoms with van der Waals surface area (Å²) < 4.78 is 0. The molecular weight excluding hydrogens is 218 g/mol. The molecule has 15 heavy (non-hydrogen) atoms. The van der Waals surface area contributed by atoms with Crippen molar-refractivity contribution in [1.82, 2.24) is 4.98 Å². The van der Waals surface area contributed by atoms with Crippen LogP contribution >= 0.6 is 11.6 Å². The van der Waals surface area contributed by atoms with Gasteiger partial charge in [-0.15, -0.1) is 11.6 Å². The minimum absolute atomic E-state index is 0.133. The molecule has 0 aliphatic carbocycles. The molecule has 1 aromatic heterocycles. The second-order valence-corrected chi connectivity index (χ2v) is 2.66. The van der Waals surface area contributed by atoms with Gasteiger partial charge in [-0.05, 0) is 0 Å². The average Bonchev–Trinajstić information content (AvgIpc) is 2.25. The fourth-order valence-electron chi connectivity index (χ4n) is 0.882. The summed E-state index contributed by atoms with van der Waals surface area (Å²) in [7, 11) is 0. The Labute approximate surface area is 90.5 Å². The van der Waals surface area contributed by atoms with Crippen LogP contribution < -0.4 is 0 Å². The first-order valence-electron chi connectivity index (χ1n) is 3.78. The largest absolute Gasteiger partial charge is 0.306 e. The van der Waals surface area contributed by atoms with Crippen LogP contribution in [0.2, 0.25) is 0 Å². The van der Waals surface area contributed by atoms with E-state index in [0.29, 0.717) is 5.56 Å². The van der Waals surface area contributed by atoms with Crippen molar-refractivity contribution in [3.8, 4) is 17.9 Å². The van der Waals surface area contributed by atoms with Gasteiger partial charge in [-0.3, -0.25) is 10.1 Å². The molecule has 0 aromatic carbocycles. The van der Waals surface area contributed by atoms with E-state index in [0.717, 1.165) is 0 Å². The fraction of sp³-hybridized carbons (Fsp3) is 0.111. The molecule has 0 aliphatic heterocycles. The molecule has 0 saturated carbocycles. The Morgan fingerprint density at radius 2 is 2.40 bits per heavy atom. The molecule has 0 bridgehead atoms. The van der Waals surface area contributed by atoms with Crippen LogP contribution in [0.5, 0.6) is 0 Å². The standard InChI is InChI=1S/C9H4ClN3O2/c10-3-1-2-7-4-9(13(14)15)8(5-11)12-6-7/h4,6H,3H2. The van der Waals surface area contributed by atoms with Gasteiger partial charge in [0, 0.05) is 17.8 Å². The molecule has 1 heterocycles. The molecule has 0 amide bonds. The van der Waals surface area contributed by atoms with Gasteiger partial charge < -0.3 is 0 Å². The van der Waals surface area contributed by atoms with Crippen LogP contribution in [0.25, 0.3) is 0 Å². The highest BCUT2D eigenvalue weighted by Gasteiger charge is 2.14. The maximum atomic E-state index is 10.5. The van der Waals surface area contributed by atoms with E-state index in [2.05, 4.69) is 16.8 Å². The molecule has 0 fully saturated rings. The third-order valence-corrected chi connectivity index (χ3v) is 1.60. The van der Waals surface area contributed by atoms with E-state index in [9.17, 15) is 10.1 Å². The molecule has 0 spiro atoms. The van der Waals surface area contributed by atoms with Crippen molar-refractivity contribution >= 4 is 17.3 Å². The van der Waals surface area contributed by atoms with Gasteiger partial charge in [0.25, 0.3) is 0 Å². The third-order valence-electron chi connectivity index (χ3n) is 1.47. The summed E-state index contributed by atoms with van der Waals surface area (Å²) in [6.07, 6.45) is 1.30. The molecule has 0 saturated heterocycles. The summed E-state index contributed by atoms with van der Waals surface area (Å²) >= 11 is 5.33. The molecule has 0 radical (unpaired) electrons. The number of hydrogen-bond donors (Lipinski definition) is 0. The van der Waals surface area contributed by atoms with E-state index in [4.69, 9.17) is 16.9 Å².